The van der Waals surface area contributed by atoms with Crippen LogP contribution in [0.4, 0.5) is 0 Å². The minimum atomic E-state index is 0.463. The van der Waals surface area contributed by atoms with Crippen molar-refractivity contribution in [2.75, 3.05) is 39.9 Å². The average molecular weight is 320 g/mol. The van der Waals surface area contributed by atoms with E-state index in [2.05, 4.69) is 36.2 Å². The fourth-order valence-corrected chi connectivity index (χ4v) is 3.21. The molecular weight excluding hydrogens is 288 g/mol. The SMILES string of the molecule is CCOc1cc([C@@H](CCC(C)C)N2CCNCC2)ccc1OC. The number of nitrogens with one attached hydrogen (secondary N) is 1. The monoisotopic (exact) mass is 320 g/mol. The number of methoxy groups -OCH3 is 1. The van der Waals surface area contributed by atoms with Gasteiger partial charge in [0.25, 0.3) is 0 Å². The van der Waals surface area contributed by atoms with Crippen LogP contribution in [0.15, 0.2) is 18.2 Å². The van der Waals surface area contributed by atoms with Crippen molar-refractivity contribution in [2.45, 2.75) is 39.7 Å². The van der Waals surface area contributed by atoms with Crippen LogP contribution >= 0.6 is 0 Å². The molecule has 130 valence electrons. The lowest BCUT2D eigenvalue weighted by Crippen LogP contribution is -2.45. The van der Waals surface area contributed by atoms with Crippen LogP contribution in [0.5, 0.6) is 11.5 Å². The van der Waals surface area contributed by atoms with Gasteiger partial charge in [0.15, 0.2) is 11.5 Å². The smallest absolute Gasteiger partial charge is 0.161 e. The van der Waals surface area contributed by atoms with E-state index in [0.717, 1.165) is 43.6 Å². The van der Waals surface area contributed by atoms with E-state index < -0.39 is 0 Å². The van der Waals surface area contributed by atoms with Gasteiger partial charge in [0.1, 0.15) is 0 Å². The molecule has 0 aromatic heterocycles. The Morgan fingerprint density at radius 3 is 2.48 bits per heavy atom. The van der Waals surface area contributed by atoms with E-state index in [1.54, 1.807) is 7.11 Å². The van der Waals surface area contributed by atoms with E-state index in [0.29, 0.717) is 12.6 Å². The highest BCUT2D eigenvalue weighted by Gasteiger charge is 2.23. The Morgan fingerprint density at radius 2 is 1.87 bits per heavy atom. The fraction of sp³-hybridized carbons (Fsp3) is 0.684. The molecule has 1 aliphatic rings. The predicted octanol–water partition coefficient (Wildman–Crippen LogP) is 3.48. The van der Waals surface area contributed by atoms with Crippen LogP contribution in [0.2, 0.25) is 0 Å². The zero-order valence-corrected chi connectivity index (χ0v) is 15.1. The summed E-state index contributed by atoms with van der Waals surface area (Å²) in [6.45, 7) is 11.6. The summed E-state index contributed by atoms with van der Waals surface area (Å²) in [7, 11) is 1.70. The van der Waals surface area contributed by atoms with Crippen LogP contribution in [0, 0.1) is 5.92 Å². The first-order chi connectivity index (χ1) is 11.2. The highest BCUT2D eigenvalue weighted by molar-refractivity contribution is 5.44. The van der Waals surface area contributed by atoms with Crippen molar-refractivity contribution in [3.05, 3.63) is 23.8 Å². The molecule has 0 bridgehead atoms. The second-order valence-electron chi connectivity index (χ2n) is 6.62. The number of rotatable bonds is 8. The largest absolute Gasteiger partial charge is 0.493 e. The van der Waals surface area contributed by atoms with Crippen molar-refractivity contribution < 1.29 is 9.47 Å². The second-order valence-corrected chi connectivity index (χ2v) is 6.62. The zero-order chi connectivity index (χ0) is 16.7. The summed E-state index contributed by atoms with van der Waals surface area (Å²) in [5.74, 6) is 2.40. The van der Waals surface area contributed by atoms with E-state index in [1.165, 1.54) is 18.4 Å². The molecule has 0 amide bonds. The van der Waals surface area contributed by atoms with Crippen molar-refractivity contribution >= 4 is 0 Å². The van der Waals surface area contributed by atoms with Crippen molar-refractivity contribution in [3.8, 4) is 11.5 Å². The molecule has 1 fully saturated rings. The van der Waals surface area contributed by atoms with E-state index in [1.807, 2.05) is 13.0 Å². The molecule has 0 spiro atoms. The van der Waals surface area contributed by atoms with Crippen molar-refractivity contribution in [1.82, 2.24) is 10.2 Å². The molecule has 1 aromatic carbocycles. The number of benzene rings is 1. The average Bonchev–Trinajstić information content (AvgIpc) is 2.56. The lowest BCUT2D eigenvalue weighted by molar-refractivity contribution is 0.159. The van der Waals surface area contributed by atoms with Gasteiger partial charge in [0, 0.05) is 32.2 Å². The molecule has 0 saturated carbocycles. The molecule has 1 heterocycles. The van der Waals surface area contributed by atoms with Crippen LogP contribution in [0.3, 0.4) is 0 Å². The molecule has 1 saturated heterocycles. The van der Waals surface area contributed by atoms with Crippen molar-refractivity contribution in [3.63, 3.8) is 0 Å². The number of piperazine rings is 1. The maximum Gasteiger partial charge on any atom is 0.161 e. The molecule has 0 aliphatic carbocycles. The van der Waals surface area contributed by atoms with Gasteiger partial charge in [0.05, 0.1) is 13.7 Å². The van der Waals surface area contributed by atoms with E-state index in [4.69, 9.17) is 9.47 Å². The maximum absolute atomic E-state index is 5.78. The Labute approximate surface area is 141 Å². The van der Waals surface area contributed by atoms with Gasteiger partial charge in [-0.15, -0.1) is 0 Å². The minimum absolute atomic E-state index is 0.463. The van der Waals surface area contributed by atoms with Gasteiger partial charge in [-0.3, -0.25) is 4.90 Å². The Kier molecular flexibility index (Phi) is 7.18. The summed E-state index contributed by atoms with van der Waals surface area (Å²) >= 11 is 0. The van der Waals surface area contributed by atoms with Gasteiger partial charge >= 0.3 is 0 Å². The third-order valence-corrected chi connectivity index (χ3v) is 4.48. The summed E-state index contributed by atoms with van der Waals surface area (Å²) in [5.41, 5.74) is 1.34. The van der Waals surface area contributed by atoms with Gasteiger partial charge in [0.2, 0.25) is 0 Å². The van der Waals surface area contributed by atoms with Crippen LogP contribution in [-0.2, 0) is 0 Å². The van der Waals surface area contributed by atoms with Crippen LogP contribution in [0.1, 0.15) is 45.2 Å². The predicted molar refractivity (Wildman–Crippen MR) is 95.4 cm³/mol. The van der Waals surface area contributed by atoms with E-state index in [9.17, 15) is 0 Å². The Morgan fingerprint density at radius 1 is 1.13 bits per heavy atom. The van der Waals surface area contributed by atoms with Crippen LogP contribution in [0.25, 0.3) is 0 Å². The highest BCUT2D eigenvalue weighted by Crippen LogP contribution is 2.34. The fourth-order valence-electron chi connectivity index (χ4n) is 3.21. The van der Waals surface area contributed by atoms with Gasteiger partial charge < -0.3 is 14.8 Å². The lowest BCUT2D eigenvalue weighted by Gasteiger charge is -2.36. The minimum Gasteiger partial charge on any atom is -0.493 e. The number of nitrogens with zero attached hydrogens (tertiary/aromatic N) is 1. The molecule has 23 heavy (non-hydrogen) atoms. The third kappa shape index (κ3) is 5.11. The molecule has 2 rings (SSSR count). The Bertz CT molecular complexity index is 470. The van der Waals surface area contributed by atoms with Crippen molar-refractivity contribution in [2.24, 2.45) is 5.92 Å². The Balaban J connectivity index is 2.23. The number of hydrogen-bond donors (Lipinski definition) is 1. The summed E-state index contributed by atoms with van der Waals surface area (Å²) in [6.07, 6.45) is 2.43. The maximum atomic E-state index is 5.78. The summed E-state index contributed by atoms with van der Waals surface area (Å²) in [6, 6.07) is 6.89. The molecule has 1 aromatic rings. The normalized spacial score (nSPS) is 17.3. The molecule has 0 radical (unpaired) electrons. The zero-order valence-electron chi connectivity index (χ0n) is 15.1. The van der Waals surface area contributed by atoms with E-state index >= 15 is 0 Å². The molecule has 1 atom stereocenters. The Hall–Kier alpha value is -1.26. The lowest BCUT2D eigenvalue weighted by atomic mass is 9.95. The number of hydrogen-bond acceptors (Lipinski definition) is 4. The molecule has 1 N–H and O–H groups in total. The second kappa shape index (κ2) is 9.14. The molecule has 4 heteroatoms. The number of ether oxygens (including phenoxy) is 2. The quantitative estimate of drug-likeness (QED) is 0.795. The molecular formula is C19H32N2O2. The molecule has 4 nitrogen and oxygen atoms in total. The van der Waals surface area contributed by atoms with Crippen LogP contribution < -0.4 is 14.8 Å². The van der Waals surface area contributed by atoms with Gasteiger partial charge in [-0.2, -0.15) is 0 Å². The summed E-state index contributed by atoms with van der Waals surface area (Å²) < 4.78 is 11.2. The summed E-state index contributed by atoms with van der Waals surface area (Å²) in [5, 5.41) is 3.45. The first-order valence-electron chi connectivity index (χ1n) is 8.91. The third-order valence-electron chi connectivity index (χ3n) is 4.48. The standard InChI is InChI=1S/C19H32N2O2/c1-5-23-19-14-16(7-9-18(19)22-4)17(8-6-15(2)3)21-12-10-20-11-13-21/h7,9,14-15,17,20H,5-6,8,10-13H2,1-4H3/t17-/m1/s1. The summed E-state index contributed by atoms with van der Waals surface area (Å²) in [4.78, 5) is 2.61. The van der Waals surface area contributed by atoms with Gasteiger partial charge in [-0.25, -0.2) is 0 Å². The van der Waals surface area contributed by atoms with Gasteiger partial charge in [-0.1, -0.05) is 19.9 Å². The molecule has 1 aliphatic heterocycles. The van der Waals surface area contributed by atoms with Crippen molar-refractivity contribution in [1.29, 1.82) is 0 Å². The van der Waals surface area contributed by atoms with E-state index in [-0.39, 0.29) is 0 Å². The van der Waals surface area contributed by atoms with Gasteiger partial charge in [-0.05, 0) is 43.4 Å². The topological polar surface area (TPSA) is 33.7 Å². The first-order valence-corrected chi connectivity index (χ1v) is 8.91. The highest BCUT2D eigenvalue weighted by atomic mass is 16.5. The van der Waals surface area contributed by atoms with Crippen LogP contribution in [-0.4, -0.2) is 44.8 Å². The molecule has 0 unspecified atom stereocenters. The first kappa shape index (κ1) is 18.1.